The molecule has 79 heavy (non-hydrogen) atoms. The fourth-order valence-electron chi connectivity index (χ4n) is 10.6. The van der Waals surface area contributed by atoms with Crippen LogP contribution in [0.1, 0.15) is 138 Å². The van der Waals surface area contributed by atoms with Gasteiger partial charge in [0.05, 0.1) is 19.2 Å². The van der Waals surface area contributed by atoms with Gasteiger partial charge in [0.1, 0.15) is 42.0 Å². The highest BCUT2D eigenvalue weighted by Gasteiger charge is 2.49. The van der Waals surface area contributed by atoms with Crippen LogP contribution in [-0.4, -0.2) is 158 Å². The number of carboxylic acid groups (broad SMARTS) is 2. The molecule has 4 heterocycles. The zero-order chi connectivity index (χ0) is 58.1. The summed E-state index contributed by atoms with van der Waals surface area (Å²) >= 11 is 0. The number of carbonyl (C=O) groups is 9. The number of urea groups is 2. The first-order valence-electron chi connectivity index (χ1n) is 27.1. The Balaban J connectivity index is 0.000000203. The Morgan fingerprint density at radius 2 is 1.03 bits per heavy atom. The molecule has 6 N–H and O–H groups in total. The molecule has 8 amide bonds. The minimum atomic E-state index is -1.14. The second kappa shape index (κ2) is 25.6. The molecule has 4 aliphatic heterocycles. The van der Waals surface area contributed by atoms with E-state index in [4.69, 9.17) is 24.1 Å². The molecule has 434 valence electrons. The lowest BCUT2D eigenvalue weighted by atomic mass is 9.85. The van der Waals surface area contributed by atoms with E-state index in [0.29, 0.717) is 19.5 Å². The second-order valence-electron chi connectivity index (χ2n) is 24.1. The van der Waals surface area contributed by atoms with Crippen LogP contribution >= 0.6 is 0 Å². The molecule has 2 aromatic carbocycles. The van der Waals surface area contributed by atoms with Crippen molar-refractivity contribution in [3.63, 3.8) is 0 Å². The van der Waals surface area contributed by atoms with Crippen LogP contribution in [0, 0.1) is 10.8 Å². The van der Waals surface area contributed by atoms with Crippen molar-refractivity contribution in [2.75, 3.05) is 30.8 Å². The van der Waals surface area contributed by atoms with Crippen LogP contribution in [0.3, 0.4) is 0 Å². The minimum Gasteiger partial charge on any atom is -0.480 e. The van der Waals surface area contributed by atoms with E-state index in [2.05, 4.69) is 21.3 Å². The third kappa shape index (κ3) is 16.1. The smallest absolute Gasteiger partial charge is 0.411 e. The maximum Gasteiger partial charge on any atom is 0.411 e. The lowest BCUT2D eigenvalue weighted by Crippen LogP contribution is -2.57. The SMILES string of the molecule is CC(C)(C)[C@H](NC(=O)OC1CCCC1)C(=O)N1CC(N2Cc3ccccc3NC2=O)C[C@H]1C(=O)O.CC(C)(C)[C@H](NC(=O)OC1CCCC1)C(=O)O.COC(=O)[C@@H]1CC(N2Cc3ccccc3NC2=O)CN1C(=O)OC(C)(C)C. The Hall–Kier alpha value is -7.33. The molecule has 6 atom stereocenters. The number of likely N-dealkylation sites (tertiary alicyclic amines) is 2. The summed E-state index contributed by atoms with van der Waals surface area (Å²) in [6.45, 7) is 17.0. The number of alkyl carbamates (subject to hydrolysis) is 2. The van der Waals surface area contributed by atoms with Crippen LogP contribution in [0.4, 0.5) is 35.3 Å². The number of ether oxygens (including phenoxy) is 4. The molecule has 0 aromatic heterocycles. The van der Waals surface area contributed by atoms with Gasteiger partial charge in [-0.2, -0.15) is 0 Å². The van der Waals surface area contributed by atoms with Gasteiger partial charge in [0.2, 0.25) is 5.91 Å². The predicted octanol–water partition coefficient (Wildman–Crippen LogP) is 7.91. The highest BCUT2D eigenvalue weighted by atomic mass is 16.6. The number of esters is 1. The molecule has 2 aromatic rings. The number of carboxylic acids is 2. The van der Waals surface area contributed by atoms with Crippen molar-refractivity contribution in [2.24, 2.45) is 10.8 Å². The molecular formula is C56H80N8O15. The number of fused-ring (bicyclic) bond motifs is 2. The summed E-state index contributed by atoms with van der Waals surface area (Å²) in [6.07, 6.45) is 5.83. The standard InChI is InChI=1S/C25H34N4O6.C19H25N3O5.C12H21NO4/c1-25(2,3)20(27-24(34)35-17-9-5-6-10-17)21(30)29-14-16(12-19(29)22(31)32)28-13-15-8-4-7-11-18(15)26-23(28)33;1-19(2,3)27-18(25)22-11-13(9-15(22)16(23)26-4)21-10-12-7-5-6-8-14(12)20-17(21)24;1-12(2,3)9(10(14)15)13-11(16)17-8-6-4-5-7-8/h4,7-8,11,16-17,19-20H,5-6,9-10,12-14H2,1-3H3,(H,26,33)(H,27,34)(H,31,32);5-8,13,15H,9-11H2,1-4H3,(H,20,24);8-9H,4-7H2,1-3H3,(H,13,16)(H,14,15)/t16?,19-,20+;13?,15-;9-/m001/s1. The average Bonchev–Trinajstić information content (AvgIpc) is 4.34. The Labute approximate surface area is 461 Å². The van der Waals surface area contributed by atoms with Crippen LogP contribution in [0.15, 0.2) is 48.5 Å². The lowest BCUT2D eigenvalue weighted by Gasteiger charge is -2.36. The van der Waals surface area contributed by atoms with E-state index in [-0.39, 0.29) is 49.8 Å². The minimum absolute atomic E-state index is 0.0515. The third-order valence-electron chi connectivity index (χ3n) is 14.7. The van der Waals surface area contributed by atoms with Crippen LogP contribution in [0.5, 0.6) is 0 Å². The van der Waals surface area contributed by atoms with E-state index in [9.17, 15) is 48.3 Å². The first kappa shape index (κ1) is 60.9. The number of para-hydroxylation sites is 2. The average molecular weight is 1110 g/mol. The first-order chi connectivity index (χ1) is 37.0. The van der Waals surface area contributed by atoms with E-state index >= 15 is 0 Å². The molecule has 2 saturated heterocycles. The second-order valence-corrected chi connectivity index (χ2v) is 24.1. The fraction of sp³-hybridized carbons (Fsp3) is 0.625. The van der Waals surface area contributed by atoms with Crippen molar-refractivity contribution in [3.8, 4) is 0 Å². The molecule has 23 nitrogen and oxygen atoms in total. The fourth-order valence-corrected chi connectivity index (χ4v) is 10.6. The van der Waals surface area contributed by atoms with Crippen molar-refractivity contribution in [1.29, 1.82) is 0 Å². The van der Waals surface area contributed by atoms with Crippen LogP contribution in [0.25, 0.3) is 0 Å². The van der Waals surface area contributed by atoms with E-state index < -0.39 is 88.7 Å². The van der Waals surface area contributed by atoms with Gasteiger partial charge in [-0.1, -0.05) is 77.9 Å². The molecular weight excluding hydrogens is 1020 g/mol. The molecule has 0 radical (unpaired) electrons. The number of methoxy groups -OCH3 is 1. The number of anilines is 2. The molecule has 0 spiro atoms. The molecule has 2 saturated carbocycles. The largest absolute Gasteiger partial charge is 0.480 e. The summed E-state index contributed by atoms with van der Waals surface area (Å²) < 4.78 is 20.9. The molecule has 6 aliphatic rings. The summed E-state index contributed by atoms with van der Waals surface area (Å²) in [7, 11) is 1.28. The molecule has 2 aliphatic carbocycles. The molecule has 2 unspecified atom stereocenters. The maximum absolute atomic E-state index is 13.7. The zero-order valence-electron chi connectivity index (χ0n) is 47.1. The van der Waals surface area contributed by atoms with Crippen molar-refractivity contribution < 1.29 is 72.3 Å². The summed E-state index contributed by atoms with van der Waals surface area (Å²) in [6, 6.07) is 9.87. The number of amides is 8. The Kier molecular flexibility index (Phi) is 19.8. The zero-order valence-corrected chi connectivity index (χ0v) is 47.1. The summed E-state index contributed by atoms with van der Waals surface area (Å²) in [5.74, 6) is -3.18. The van der Waals surface area contributed by atoms with Crippen LogP contribution in [0.2, 0.25) is 0 Å². The Morgan fingerprint density at radius 1 is 0.608 bits per heavy atom. The normalized spacial score (nSPS) is 22.0. The number of nitrogens with one attached hydrogen (secondary N) is 4. The Bertz CT molecular complexity index is 2560. The van der Waals surface area contributed by atoms with Crippen molar-refractivity contribution >= 4 is 65.5 Å². The van der Waals surface area contributed by atoms with Crippen molar-refractivity contribution in [2.45, 2.75) is 194 Å². The number of aliphatic carboxylic acids is 2. The third-order valence-corrected chi connectivity index (χ3v) is 14.7. The number of hydrogen-bond donors (Lipinski definition) is 6. The van der Waals surface area contributed by atoms with Gasteiger partial charge in [0, 0.05) is 50.4 Å². The van der Waals surface area contributed by atoms with Gasteiger partial charge in [0.15, 0.2) is 0 Å². The highest BCUT2D eigenvalue weighted by Crippen LogP contribution is 2.34. The van der Waals surface area contributed by atoms with Gasteiger partial charge in [-0.25, -0.2) is 38.4 Å². The number of nitrogens with zero attached hydrogens (tertiary/aromatic N) is 4. The number of carbonyl (C=O) groups excluding carboxylic acids is 7. The van der Waals surface area contributed by atoms with Crippen molar-refractivity contribution in [3.05, 3.63) is 59.7 Å². The molecule has 8 rings (SSSR count). The molecule has 23 heteroatoms. The Morgan fingerprint density at radius 3 is 1.43 bits per heavy atom. The first-order valence-corrected chi connectivity index (χ1v) is 27.1. The van der Waals surface area contributed by atoms with Gasteiger partial charge >= 0.3 is 48.2 Å². The summed E-state index contributed by atoms with van der Waals surface area (Å²) in [5, 5.41) is 29.8. The predicted molar refractivity (Wildman–Crippen MR) is 289 cm³/mol. The van der Waals surface area contributed by atoms with Gasteiger partial charge in [-0.05, 0) is 106 Å². The lowest BCUT2D eigenvalue weighted by molar-refractivity contribution is -0.150. The topological polar surface area (TPSA) is 292 Å². The number of benzene rings is 2. The van der Waals surface area contributed by atoms with E-state index in [1.807, 2.05) is 69.3 Å². The van der Waals surface area contributed by atoms with Gasteiger partial charge < -0.3 is 65.1 Å². The van der Waals surface area contributed by atoms with Gasteiger partial charge in [0.25, 0.3) is 0 Å². The number of rotatable bonds is 10. The van der Waals surface area contributed by atoms with Gasteiger partial charge in [-0.15, -0.1) is 0 Å². The van der Waals surface area contributed by atoms with E-state index in [1.54, 1.807) is 51.3 Å². The van der Waals surface area contributed by atoms with Crippen molar-refractivity contribution in [1.82, 2.24) is 30.2 Å². The van der Waals surface area contributed by atoms with E-state index in [1.165, 1.54) is 16.9 Å². The molecule has 4 fully saturated rings. The van der Waals surface area contributed by atoms with Gasteiger partial charge in [-0.3, -0.25) is 9.69 Å². The maximum atomic E-state index is 13.7. The molecule has 0 bridgehead atoms. The van der Waals surface area contributed by atoms with Crippen LogP contribution in [-0.2, 0) is 51.2 Å². The quantitative estimate of drug-likeness (QED) is 0.0973. The number of hydrogen-bond acceptors (Lipinski definition) is 13. The monoisotopic (exact) mass is 1100 g/mol. The summed E-state index contributed by atoms with van der Waals surface area (Å²) in [4.78, 5) is 117. The van der Waals surface area contributed by atoms with E-state index in [0.717, 1.165) is 73.9 Å². The summed E-state index contributed by atoms with van der Waals surface area (Å²) in [5.41, 5.74) is 1.51. The highest BCUT2D eigenvalue weighted by molar-refractivity contribution is 5.94. The van der Waals surface area contributed by atoms with Crippen LogP contribution < -0.4 is 21.3 Å².